The highest BCUT2D eigenvalue weighted by molar-refractivity contribution is 7.93. The normalized spacial score (nSPS) is 45.0. The maximum absolute atomic E-state index is 10.3. The van der Waals surface area contributed by atoms with Crippen LogP contribution < -0.4 is 0 Å². The van der Waals surface area contributed by atoms with Gasteiger partial charge in [0, 0.05) is 6.42 Å². The molecule has 0 aliphatic carbocycles. The standard InChI is InChI=1S/C4H8OS/c1-4-2-3-6(4)5/h4H,2-3H2,1H3. The van der Waals surface area contributed by atoms with E-state index in [1.54, 1.807) is 0 Å². The van der Waals surface area contributed by atoms with Crippen molar-refractivity contribution in [2.45, 2.75) is 18.6 Å². The zero-order chi connectivity index (χ0) is 4.57. The van der Waals surface area contributed by atoms with E-state index in [9.17, 15) is 4.55 Å². The Kier molecular flexibility index (Phi) is 1.06. The lowest BCUT2D eigenvalue weighted by Gasteiger charge is -2.26. The Morgan fingerprint density at radius 3 is 2.33 bits per heavy atom. The molecule has 2 atom stereocenters. The minimum absolute atomic E-state index is 0.437. The van der Waals surface area contributed by atoms with Crippen LogP contribution >= 0.6 is 0 Å². The fourth-order valence-corrected chi connectivity index (χ4v) is 1.35. The molecule has 6 heavy (non-hydrogen) atoms. The minimum Gasteiger partial charge on any atom is -0.616 e. The molecule has 0 N–H and O–H groups in total. The molecule has 0 aromatic carbocycles. The molecule has 0 aromatic rings. The third-order valence-corrected chi connectivity index (χ3v) is 2.95. The maximum atomic E-state index is 10.3. The molecular formula is C4H8OS. The summed E-state index contributed by atoms with van der Waals surface area (Å²) in [5, 5.41) is 0.505. The van der Waals surface area contributed by atoms with Crippen molar-refractivity contribution in [1.29, 1.82) is 0 Å². The minimum atomic E-state index is -0.437. The molecule has 36 valence electrons. The first-order valence-electron chi connectivity index (χ1n) is 2.18. The quantitative estimate of drug-likeness (QED) is 0.411. The predicted octanol–water partition coefficient (Wildman–Crippen LogP) is 0.527. The Hall–Kier alpha value is 0.310. The van der Waals surface area contributed by atoms with Gasteiger partial charge in [-0.3, -0.25) is 0 Å². The van der Waals surface area contributed by atoms with Gasteiger partial charge in [-0.25, -0.2) is 0 Å². The van der Waals surface area contributed by atoms with Gasteiger partial charge in [-0.2, -0.15) is 0 Å². The van der Waals surface area contributed by atoms with Gasteiger partial charge >= 0.3 is 0 Å². The summed E-state index contributed by atoms with van der Waals surface area (Å²) < 4.78 is 10.3. The van der Waals surface area contributed by atoms with Crippen molar-refractivity contribution in [2.75, 3.05) is 5.75 Å². The third-order valence-electron chi connectivity index (χ3n) is 1.17. The summed E-state index contributed by atoms with van der Waals surface area (Å²) in [5.74, 6) is 0.946. The molecule has 1 saturated heterocycles. The average Bonchev–Trinajstić information content (AvgIpc) is 1.61. The van der Waals surface area contributed by atoms with Crippen LogP contribution in [0.1, 0.15) is 13.3 Å². The first kappa shape index (κ1) is 4.47. The van der Waals surface area contributed by atoms with Crippen LogP contribution in [0, 0.1) is 0 Å². The second kappa shape index (κ2) is 1.43. The van der Waals surface area contributed by atoms with Crippen LogP contribution in [0.15, 0.2) is 0 Å². The fourth-order valence-electron chi connectivity index (χ4n) is 0.450. The first-order chi connectivity index (χ1) is 2.80. The highest BCUT2D eigenvalue weighted by Gasteiger charge is 2.27. The molecule has 1 heterocycles. The van der Waals surface area contributed by atoms with E-state index in [2.05, 4.69) is 0 Å². The summed E-state index contributed by atoms with van der Waals surface area (Å²) in [7, 11) is 0. The van der Waals surface area contributed by atoms with E-state index in [1.165, 1.54) is 6.42 Å². The molecule has 1 nitrogen and oxygen atoms in total. The van der Waals surface area contributed by atoms with Crippen LogP contribution in [-0.4, -0.2) is 15.6 Å². The summed E-state index contributed by atoms with van der Waals surface area (Å²) in [6.45, 7) is 2.03. The zero-order valence-electron chi connectivity index (χ0n) is 3.81. The summed E-state index contributed by atoms with van der Waals surface area (Å²) in [6.07, 6.45) is 1.17. The molecule has 1 aliphatic rings. The van der Waals surface area contributed by atoms with E-state index >= 15 is 0 Å². The maximum Gasteiger partial charge on any atom is 0.117 e. The van der Waals surface area contributed by atoms with Crippen molar-refractivity contribution in [1.82, 2.24) is 0 Å². The van der Waals surface area contributed by atoms with Crippen LogP contribution in [0.25, 0.3) is 0 Å². The molecule has 0 bridgehead atoms. The van der Waals surface area contributed by atoms with Gasteiger partial charge in [0.25, 0.3) is 0 Å². The highest BCUT2D eigenvalue weighted by Crippen LogP contribution is 2.18. The van der Waals surface area contributed by atoms with Crippen molar-refractivity contribution in [3.05, 3.63) is 0 Å². The van der Waals surface area contributed by atoms with Gasteiger partial charge in [0.2, 0.25) is 0 Å². The summed E-state index contributed by atoms with van der Waals surface area (Å²) >= 11 is -0.437. The number of hydrogen-bond acceptors (Lipinski definition) is 1. The number of rotatable bonds is 0. The molecule has 0 amide bonds. The van der Waals surface area contributed by atoms with E-state index in [4.69, 9.17) is 0 Å². The van der Waals surface area contributed by atoms with Crippen LogP contribution in [0.3, 0.4) is 0 Å². The molecule has 2 heteroatoms. The summed E-state index contributed by atoms with van der Waals surface area (Å²) in [6, 6.07) is 0. The lowest BCUT2D eigenvalue weighted by molar-refractivity contribution is 0.556. The zero-order valence-corrected chi connectivity index (χ0v) is 4.62. The summed E-state index contributed by atoms with van der Waals surface area (Å²) in [5.41, 5.74) is 0. The predicted molar refractivity (Wildman–Crippen MR) is 27.1 cm³/mol. The van der Waals surface area contributed by atoms with Crippen LogP contribution in [-0.2, 0) is 11.2 Å². The van der Waals surface area contributed by atoms with Gasteiger partial charge in [-0.15, -0.1) is 0 Å². The third kappa shape index (κ3) is 0.545. The highest BCUT2D eigenvalue weighted by atomic mass is 32.2. The molecule has 0 spiro atoms. The van der Waals surface area contributed by atoms with Crippen LogP contribution in [0.2, 0.25) is 0 Å². The van der Waals surface area contributed by atoms with E-state index in [1.807, 2.05) is 6.92 Å². The lowest BCUT2D eigenvalue weighted by atomic mass is 10.3. The van der Waals surface area contributed by atoms with Gasteiger partial charge in [0.15, 0.2) is 0 Å². The van der Waals surface area contributed by atoms with Crippen molar-refractivity contribution in [2.24, 2.45) is 0 Å². The molecule has 0 aromatic heterocycles. The van der Waals surface area contributed by atoms with Gasteiger partial charge in [-0.1, -0.05) is 11.2 Å². The van der Waals surface area contributed by atoms with Gasteiger partial charge in [-0.05, 0) is 6.92 Å². The smallest absolute Gasteiger partial charge is 0.117 e. The lowest BCUT2D eigenvalue weighted by Crippen LogP contribution is -2.33. The van der Waals surface area contributed by atoms with Crippen LogP contribution in [0.4, 0.5) is 0 Å². The van der Waals surface area contributed by atoms with E-state index in [-0.39, 0.29) is 0 Å². The first-order valence-corrected chi connectivity index (χ1v) is 3.56. The average molecular weight is 104 g/mol. The molecule has 1 rings (SSSR count). The number of hydrogen-bond donors (Lipinski definition) is 0. The SMILES string of the molecule is CC1CC[S+]1[O-]. The van der Waals surface area contributed by atoms with Gasteiger partial charge in [0.1, 0.15) is 11.0 Å². The Balaban J connectivity index is 2.20. The molecule has 1 aliphatic heterocycles. The molecule has 0 saturated carbocycles. The van der Waals surface area contributed by atoms with Crippen molar-refractivity contribution < 1.29 is 4.55 Å². The Morgan fingerprint density at radius 2 is 2.33 bits per heavy atom. The monoisotopic (exact) mass is 104 g/mol. The Labute approximate surface area is 40.9 Å². The van der Waals surface area contributed by atoms with Gasteiger partial charge < -0.3 is 4.55 Å². The van der Waals surface area contributed by atoms with E-state index in [0.717, 1.165) is 5.75 Å². The Bertz CT molecular complexity index is 47.5. The summed E-state index contributed by atoms with van der Waals surface area (Å²) in [4.78, 5) is 0. The second-order valence-corrected chi connectivity index (χ2v) is 3.66. The van der Waals surface area contributed by atoms with Crippen LogP contribution in [0.5, 0.6) is 0 Å². The molecule has 1 fully saturated rings. The van der Waals surface area contributed by atoms with Crippen molar-refractivity contribution >= 4 is 11.2 Å². The largest absolute Gasteiger partial charge is 0.616 e. The molecular weight excluding hydrogens is 96.1 g/mol. The second-order valence-electron chi connectivity index (χ2n) is 1.68. The van der Waals surface area contributed by atoms with Crippen molar-refractivity contribution in [3.8, 4) is 0 Å². The topological polar surface area (TPSA) is 23.1 Å². The fraction of sp³-hybridized carbons (Fsp3) is 1.00. The molecule has 2 unspecified atom stereocenters. The molecule has 0 radical (unpaired) electrons. The van der Waals surface area contributed by atoms with Crippen molar-refractivity contribution in [3.63, 3.8) is 0 Å². The van der Waals surface area contributed by atoms with E-state index < -0.39 is 11.2 Å². The Morgan fingerprint density at radius 1 is 1.83 bits per heavy atom. The van der Waals surface area contributed by atoms with Gasteiger partial charge in [0.05, 0.1) is 0 Å². The van der Waals surface area contributed by atoms with E-state index in [0.29, 0.717) is 5.25 Å².